The van der Waals surface area contributed by atoms with E-state index in [1.807, 2.05) is 84.9 Å². The zero-order valence-electron chi connectivity index (χ0n) is 26.3. The van der Waals surface area contributed by atoms with Crippen LogP contribution in [-0.4, -0.2) is 78.6 Å². The molecule has 0 atom stereocenters. The molecule has 0 aliphatic carbocycles. The summed E-state index contributed by atoms with van der Waals surface area (Å²) in [6, 6.07) is 40.4. The summed E-state index contributed by atoms with van der Waals surface area (Å²) in [5.74, 6) is -0.401. The largest absolute Gasteiger partial charge is 0.459 e. The average molecular weight is 629 g/mol. The number of esters is 1. The van der Waals surface area contributed by atoms with E-state index in [1.165, 1.54) is 0 Å². The summed E-state index contributed by atoms with van der Waals surface area (Å²) < 4.78 is 39.6. The van der Waals surface area contributed by atoms with Crippen LogP contribution >= 0.6 is 0 Å². The Labute approximate surface area is 272 Å². The summed E-state index contributed by atoms with van der Waals surface area (Å²) in [6.45, 7) is 4.39. The highest BCUT2D eigenvalue weighted by Crippen LogP contribution is 2.40. The quantitative estimate of drug-likeness (QED) is 0.0578. The fourth-order valence-electron chi connectivity index (χ4n) is 4.84. The van der Waals surface area contributed by atoms with E-state index in [1.54, 1.807) is 0 Å². The zero-order chi connectivity index (χ0) is 32.0. The van der Waals surface area contributed by atoms with E-state index in [0.717, 1.165) is 22.3 Å². The molecule has 0 bridgehead atoms. The van der Waals surface area contributed by atoms with Crippen LogP contribution in [0.25, 0.3) is 0 Å². The number of hydrogen-bond donors (Lipinski definition) is 0. The minimum atomic E-state index is -0.756. The molecule has 0 aliphatic heterocycles. The lowest BCUT2D eigenvalue weighted by atomic mass is 9.80. The molecule has 8 heteroatoms. The molecule has 4 rings (SSSR count). The number of hydrogen-bond acceptors (Lipinski definition) is 8. The fraction of sp³-hybridized carbons (Fsp3) is 0.342. The van der Waals surface area contributed by atoms with Crippen molar-refractivity contribution in [1.29, 1.82) is 0 Å². The number of carbonyl (C=O) groups excluding carboxylic acids is 1. The molecule has 8 nitrogen and oxygen atoms in total. The Kier molecular flexibility index (Phi) is 16.0. The molecule has 0 N–H and O–H groups in total. The van der Waals surface area contributed by atoms with Gasteiger partial charge in [0.2, 0.25) is 0 Å². The molecule has 0 amide bonds. The molecule has 4 aromatic carbocycles. The fourth-order valence-corrected chi connectivity index (χ4v) is 4.84. The Morgan fingerprint density at radius 2 is 0.783 bits per heavy atom. The number of carbonyl (C=O) groups is 1. The Morgan fingerprint density at radius 1 is 0.435 bits per heavy atom. The Hall–Kier alpha value is -3.89. The number of benzene rings is 4. The summed E-state index contributed by atoms with van der Waals surface area (Å²) in [4.78, 5) is 11.7. The van der Waals surface area contributed by atoms with E-state index in [-0.39, 0.29) is 13.2 Å². The molecule has 0 spiro atoms. The average Bonchev–Trinajstić information content (AvgIpc) is 3.12. The van der Waals surface area contributed by atoms with Crippen LogP contribution in [0.2, 0.25) is 0 Å². The molecule has 0 fully saturated rings. The lowest BCUT2D eigenvalue weighted by Crippen LogP contribution is -2.34. The van der Waals surface area contributed by atoms with Crippen molar-refractivity contribution < 1.29 is 38.0 Å². The number of rotatable bonds is 23. The maximum atomic E-state index is 11.7. The summed E-state index contributed by atoms with van der Waals surface area (Å²) in [7, 11) is 0. The highest BCUT2D eigenvalue weighted by molar-refractivity contribution is 5.70. The first-order valence-corrected chi connectivity index (χ1v) is 15.7. The van der Waals surface area contributed by atoms with Crippen molar-refractivity contribution in [3.63, 3.8) is 0 Å². The predicted molar refractivity (Wildman–Crippen MR) is 175 cm³/mol. The lowest BCUT2D eigenvalue weighted by Gasteiger charge is -2.36. The maximum absolute atomic E-state index is 11.7. The van der Waals surface area contributed by atoms with Gasteiger partial charge in [0.1, 0.15) is 18.8 Å². The molecule has 0 aliphatic rings. The molecule has 0 saturated carbocycles. The van der Waals surface area contributed by atoms with Gasteiger partial charge in [-0.2, -0.15) is 0 Å². The van der Waals surface area contributed by atoms with E-state index >= 15 is 0 Å². The summed E-state index contributed by atoms with van der Waals surface area (Å²) in [5, 5.41) is 0. The summed E-state index contributed by atoms with van der Waals surface area (Å²) in [5.41, 5.74) is 3.37. The third kappa shape index (κ3) is 11.8. The van der Waals surface area contributed by atoms with Gasteiger partial charge in [-0.15, -0.1) is 0 Å². The van der Waals surface area contributed by atoms with Crippen LogP contribution in [0.5, 0.6) is 0 Å². The van der Waals surface area contributed by atoms with Crippen LogP contribution in [0, 0.1) is 0 Å². The van der Waals surface area contributed by atoms with Gasteiger partial charge in [0, 0.05) is 0 Å². The van der Waals surface area contributed by atoms with E-state index in [2.05, 4.69) is 36.4 Å². The van der Waals surface area contributed by atoms with Crippen molar-refractivity contribution >= 4 is 5.97 Å². The number of ether oxygens (including phenoxy) is 7. The van der Waals surface area contributed by atoms with Crippen molar-refractivity contribution in [2.75, 3.05) is 72.7 Å². The summed E-state index contributed by atoms with van der Waals surface area (Å²) >= 11 is 0. The molecular weight excluding hydrogens is 584 g/mol. The first kappa shape index (κ1) is 35.0. The van der Waals surface area contributed by atoms with Gasteiger partial charge in [0.15, 0.2) is 0 Å². The van der Waals surface area contributed by atoms with Crippen molar-refractivity contribution in [2.45, 2.75) is 12.2 Å². The molecule has 0 radical (unpaired) electrons. The second-order valence-corrected chi connectivity index (χ2v) is 10.3. The van der Waals surface area contributed by atoms with E-state index < -0.39 is 11.6 Å². The third-order valence-corrected chi connectivity index (χ3v) is 7.04. The SMILES string of the molecule is O=C(COCCOCCOCCOCCOCCOC(c1ccccc1)(c1ccccc1)c1ccccc1)OCc1ccccc1. The van der Waals surface area contributed by atoms with Crippen molar-refractivity contribution in [3.8, 4) is 0 Å². The Bertz CT molecular complexity index is 1240. The van der Waals surface area contributed by atoms with E-state index in [0.29, 0.717) is 66.1 Å². The van der Waals surface area contributed by atoms with Crippen molar-refractivity contribution in [1.82, 2.24) is 0 Å². The van der Waals surface area contributed by atoms with Gasteiger partial charge in [0.05, 0.1) is 66.1 Å². The predicted octanol–water partition coefficient (Wildman–Crippen LogP) is 5.82. The van der Waals surface area contributed by atoms with E-state index in [9.17, 15) is 4.79 Å². The Morgan fingerprint density at radius 3 is 1.20 bits per heavy atom. The normalized spacial score (nSPS) is 11.4. The van der Waals surface area contributed by atoms with Gasteiger partial charge in [-0.05, 0) is 22.3 Å². The topological polar surface area (TPSA) is 81.7 Å². The van der Waals surface area contributed by atoms with Gasteiger partial charge >= 0.3 is 5.97 Å². The molecule has 46 heavy (non-hydrogen) atoms. The maximum Gasteiger partial charge on any atom is 0.332 e. The lowest BCUT2D eigenvalue weighted by molar-refractivity contribution is -0.150. The molecule has 0 aromatic heterocycles. The van der Waals surface area contributed by atoms with Gasteiger partial charge in [-0.1, -0.05) is 121 Å². The standard InChI is InChI=1S/C38H44O8/c39-37(45-31-33-13-5-1-6-14-33)32-44-28-27-42-24-23-40-21-22-41-25-26-43-29-30-46-38(34-15-7-2-8-16-34,35-17-9-3-10-18-35)36-19-11-4-12-20-36/h1-20H,21-32H2. The monoisotopic (exact) mass is 628 g/mol. The van der Waals surface area contributed by atoms with Crippen LogP contribution < -0.4 is 0 Å². The first-order chi connectivity index (χ1) is 22.8. The van der Waals surface area contributed by atoms with Crippen LogP contribution in [0.4, 0.5) is 0 Å². The van der Waals surface area contributed by atoms with Crippen LogP contribution in [-0.2, 0) is 50.2 Å². The third-order valence-electron chi connectivity index (χ3n) is 7.04. The second-order valence-electron chi connectivity index (χ2n) is 10.3. The minimum absolute atomic E-state index is 0.101. The van der Waals surface area contributed by atoms with Gasteiger partial charge in [-0.25, -0.2) is 4.79 Å². The molecular formula is C38H44O8. The van der Waals surface area contributed by atoms with Crippen LogP contribution in [0.15, 0.2) is 121 Å². The zero-order valence-corrected chi connectivity index (χ0v) is 26.3. The highest BCUT2D eigenvalue weighted by Gasteiger charge is 2.37. The molecule has 0 unspecified atom stereocenters. The minimum Gasteiger partial charge on any atom is -0.459 e. The van der Waals surface area contributed by atoms with Gasteiger partial charge in [0.25, 0.3) is 0 Å². The summed E-state index contributed by atoms with van der Waals surface area (Å²) in [6.07, 6.45) is 0. The molecule has 244 valence electrons. The molecule has 0 saturated heterocycles. The van der Waals surface area contributed by atoms with Gasteiger partial charge in [-0.3, -0.25) is 0 Å². The van der Waals surface area contributed by atoms with Crippen LogP contribution in [0.1, 0.15) is 22.3 Å². The first-order valence-electron chi connectivity index (χ1n) is 15.7. The molecule has 4 aromatic rings. The van der Waals surface area contributed by atoms with Gasteiger partial charge < -0.3 is 33.2 Å². The van der Waals surface area contributed by atoms with Crippen LogP contribution in [0.3, 0.4) is 0 Å². The highest BCUT2D eigenvalue weighted by atomic mass is 16.6. The van der Waals surface area contributed by atoms with Crippen molar-refractivity contribution in [2.24, 2.45) is 0 Å². The second kappa shape index (κ2) is 21.0. The van der Waals surface area contributed by atoms with Crippen molar-refractivity contribution in [3.05, 3.63) is 144 Å². The Balaban J connectivity index is 1.02. The molecule has 0 heterocycles. The smallest absolute Gasteiger partial charge is 0.332 e. The van der Waals surface area contributed by atoms with E-state index in [4.69, 9.17) is 33.2 Å².